The zero-order chi connectivity index (χ0) is 10.3. The molecule has 1 aliphatic heterocycles. The van der Waals surface area contributed by atoms with E-state index in [4.69, 9.17) is 0 Å². The second kappa shape index (κ2) is 3.18. The maximum absolute atomic E-state index is 4.34. The minimum absolute atomic E-state index is 0.555. The predicted octanol–water partition coefficient (Wildman–Crippen LogP) is 1.34. The van der Waals surface area contributed by atoms with Crippen LogP contribution in [0.25, 0.3) is 11.2 Å². The summed E-state index contributed by atoms with van der Waals surface area (Å²) in [5.74, 6) is 0.964. The first-order chi connectivity index (χ1) is 7.36. The lowest BCUT2D eigenvalue weighted by Gasteiger charge is -2.22. The van der Waals surface area contributed by atoms with E-state index in [0.29, 0.717) is 6.04 Å². The van der Waals surface area contributed by atoms with Gasteiger partial charge in [-0.15, -0.1) is 0 Å². The third-order valence-corrected chi connectivity index (χ3v) is 3.02. The molecule has 2 aromatic heterocycles. The molecule has 5 heteroatoms. The Balaban J connectivity index is 2.13. The van der Waals surface area contributed by atoms with E-state index in [2.05, 4.69) is 31.8 Å². The summed E-state index contributed by atoms with van der Waals surface area (Å²) >= 11 is 0. The van der Waals surface area contributed by atoms with Gasteiger partial charge in [-0.3, -0.25) is 0 Å². The van der Waals surface area contributed by atoms with Crippen molar-refractivity contribution in [2.75, 3.05) is 11.4 Å². The van der Waals surface area contributed by atoms with Crippen LogP contribution in [0.5, 0.6) is 0 Å². The molecule has 0 aliphatic carbocycles. The van der Waals surface area contributed by atoms with Crippen molar-refractivity contribution in [1.82, 2.24) is 19.9 Å². The first kappa shape index (κ1) is 8.64. The van der Waals surface area contributed by atoms with Crippen LogP contribution in [0, 0.1) is 0 Å². The maximum Gasteiger partial charge on any atom is 0.162 e. The Morgan fingerprint density at radius 1 is 1.40 bits per heavy atom. The summed E-state index contributed by atoms with van der Waals surface area (Å²) in [6.07, 6.45) is 5.73. The first-order valence-electron chi connectivity index (χ1n) is 5.27. The van der Waals surface area contributed by atoms with Gasteiger partial charge in [0, 0.05) is 12.6 Å². The Morgan fingerprint density at radius 2 is 2.33 bits per heavy atom. The quantitative estimate of drug-likeness (QED) is 0.760. The fraction of sp³-hybridized carbons (Fsp3) is 0.500. The van der Waals surface area contributed by atoms with Gasteiger partial charge in [-0.05, 0) is 19.8 Å². The van der Waals surface area contributed by atoms with E-state index < -0.39 is 0 Å². The highest BCUT2D eigenvalue weighted by Crippen LogP contribution is 2.27. The second-order valence-electron chi connectivity index (χ2n) is 3.98. The van der Waals surface area contributed by atoms with E-state index in [1.165, 1.54) is 12.8 Å². The fourth-order valence-corrected chi connectivity index (χ4v) is 2.21. The monoisotopic (exact) mass is 203 g/mol. The van der Waals surface area contributed by atoms with Gasteiger partial charge in [0.25, 0.3) is 0 Å². The van der Waals surface area contributed by atoms with E-state index in [1.807, 2.05) is 0 Å². The summed E-state index contributed by atoms with van der Waals surface area (Å²) in [6.45, 7) is 3.30. The molecule has 78 valence electrons. The number of anilines is 1. The molecule has 3 rings (SSSR count). The molecule has 0 bridgehead atoms. The van der Waals surface area contributed by atoms with Gasteiger partial charge < -0.3 is 9.88 Å². The topological polar surface area (TPSA) is 57.7 Å². The van der Waals surface area contributed by atoms with Gasteiger partial charge >= 0.3 is 0 Å². The molecule has 0 amide bonds. The second-order valence-corrected chi connectivity index (χ2v) is 3.98. The van der Waals surface area contributed by atoms with Gasteiger partial charge in [0.15, 0.2) is 11.5 Å². The number of nitrogens with one attached hydrogen (secondary N) is 1. The molecule has 1 atom stereocenters. The smallest absolute Gasteiger partial charge is 0.162 e. The van der Waals surface area contributed by atoms with Crippen LogP contribution >= 0.6 is 0 Å². The van der Waals surface area contributed by atoms with Gasteiger partial charge in [-0.2, -0.15) is 0 Å². The molecule has 1 aliphatic rings. The molecule has 3 heterocycles. The third kappa shape index (κ3) is 1.26. The molecule has 0 unspecified atom stereocenters. The van der Waals surface area contributed by atoms with Crippen LogP contribution < -0.4 is 4.90 Å². The average molecular weight is 203 g/mol. The van der Waals surface area contributed by atoms with E-state index in [9.17, 15) is 0 Å². The summed E-state index contributed by atoms with van der Waals surface area (Å²) in [7, 11) is 0. The summed E-state index contributed by atoms with van der Waals surface area (Å²) < 4.78 is 0. The molecule has 1 saturated heterocycles. The van der Waals surface area contributed by atoms with Crippen molar-refractivity contribution >= 4 is 17.0 Å². The number of nitrogens with zero attached hydrogens (tertiary/aromatic N) is 4. The van der Waals surface area contributed by atoms with Gasteiger partial charge in [0.05, 0.1) is 6.33 Å². The SMILES string of the molecule is C[C@H]1CCCN1c1ncnc2[nH]cnc12. The lowest BCUT2D eigenvalue weighted by molar-refractivity contribution is 0.728. The molecule has 0 aromatic carbocycles. The molecular weight excluding hydrogens is 190 g/mol. The van der Waals surface area contributed by atoms with Crippen LogP contribution in [0.3, 0.4) is 0 Å². The first-order valence-corrected chi connectivity index (χ1v) is 5.27. The largest absolute Gasteiger partial charge is 0.352 e. The number of hydrogen-bond acceptors (Lipinski definition) is 4. The Kier molecular flexibility index (Phi) is 1.83. The zero-order valence-electron chi connectivity index (χ0n) is 8.64. The highest BCUT2D eigenvalue weighted by Gasteiger charge is 2.24. The average Bonchev–Trinajstić information content (AvgIpc) is 2.85. The summed E-state index contributed by atoms with van der Waals surface area (Å²) in [5, 5.41) is 0. The predicted molar refractivity (Wildman–Crippen MR) is 57.7 cm³/mol. The van der Waals surface area contributed by atoms with E-state index in [1.54, 1.807) is 12.7 Å². The van der Waals surface area contributed by atoms with E-state index >= 15 is 0 Å². The third-order valence-electron chi connectivity index (χ3n) is 3.02. The van der Waals surface area contributed by atoms with Crippen molar-refractivity contribution in [3.8, 4) is 0 Å². The summed E-state index contributed by atoms with van der Waals surface area (Å²) in [5.41, 5.74) is 1.70. The number of aromatic nitrogens is 4. The molecule has 2 aromatic rings. The van der Waals surface area contributed by atoms with Crippen LogP contribution in [-0.2, 0) is 0 Å². The van der Waals surface area contributed by atoms with Crippen LogP contribution in [-0.4, -0.2) is 32.5 Å². The van der Waals surface area contributed by atoms with E-state index in [0.717, 1.165) is 23.5 Å². The van der Waals surface area contributed by atoms with Gasteiger partial charge in [0.2, 0.25) is 0 Å². The number of imidazole rings is 1. The van der Waals surface area contributed by atoms with Crippen molar-refractivity contribution in [2.45, 2.75) is 25.8 Å². The molecule has 5 nitrogen and oxygen atoms in total. The van der Waals surface area contributed by atoms with Crippen molar-refractivity contribution in [3.63, 3.8) is 0 Å². The molecule has 0 saturated carbocycles. The van der Waals surface area contributed by atoms with Crippen LogP contribution in [0.1, 0.15) is 19.8 Å². The Morgan fingerprint density at radius 3 is 3.13 bits per heavy atom. The molecular formula is C10H13N5. The van der Waals surface area contributed by atoms with Gasteiger partial charge in [-0.25, -0.2) is 15.0 Å². The fourth-order valence-electron chi connectivity index (χ4n) is 2.21. The summed E-state index contributed by atoms with van der Waals surface area (Å²) in [4.78, 5) is 18.1. The number of aromatic amines is 1. The Bertz CT molecular complexity index is 477. The minimum atomic E-state index is 0.555. The van der Waals surface area contributed by atoms with Gasteiger partial charge in [0.1, 0.15) is 11.8 Å². The standard InChI is InChI=1S/C10H13N5/c1-7-3-2-4-15(7)10-8-9(12-5-11-8)13-6-14-10/h5-7H,2-4H2,1H3,(H,11,12,13,14)/t7-/m0/s1. The van der Waals surface area contributed by atoms with Crippen LogP contribution in [0.4, 0.5) is 5.82 Å². The Hall–Kier alpha value is -1.65. The lowest BCUT2D eigenvalue weighted by atomic mass is 10.2. The lowest BCUT2D eigenvalue weighted by Crippen LogP contribution is -2.27. The molecule has 0 spiro atoms. The highest BCUT2D eigenvalue weighted by atomic mass is 15.2. The van der Waals surface area contributed by atoms with Gasteiger partial charge in [-0.1, -0.05) is 0 Å². The highest BCUT2D eigenvalue weighted by molar-refractivity contribution is 5.82. The molecule has 0 radical (unpaired) electrons. The molecule has 1 N–H and O–H groups in total. The van der Waals surface area contributed by atoms with Crippen LogP contribution in [0.15, 0.2) is 12.7 Å². The zero-order valence-corrected chi connectivity index (χ0v) is 8.64. The molecule has 15 heavy (non-hydrogen) atoms. The Labute approximate surface area is 87.6 Å². The van der Waals surface area contributed by atoms with Crippen molar-refractivity contribution in [2.24, 2.45) is 0 Å². The number of H-pyrrole nitrogens is 1. The number of hydrogen-bond donors (Lipinski definition) is 1. The minimum Gasteiger partial charge on any atom is -0.352 e. The van der Waals surface area contributed by atoms with Crippen molar-refractivity contribution in [3.05, 3.63) is 12.7 Å². The maximum atomic E-state index is 4.34. The van der Waals surface area contributed by atoms with E-state index in [-0.39, 0.29) is 0 Å². The van der Waals surface area contributed by atoms with Crippen molar-refractivity contribution < 1.29 is 0 Å². The number of rotatable bonds is 1. The molecule has 1 fully saturated rings. The number of fused-ring (bicyclic) bond motifs is 1. The normalized spacial score (nSPS) is 21.4. The summed E-state index contributed by atoms with van der Waals surface area (Å²) in [6, 6.07) is 0.555. The van der Waals surface area contributed by atoms with Crippen LogP contribution in [0.2, 0.25) is 0 Å². The van der Waals surface area contributed by atoms with Crippen molar-refractivity contribution in [1.29, 1.82) is 0 Å².